The number of rotatable bonds is 8. The molecule has 1 N–H and O–H groups in total. The van der Waals surface area contributed by atoms with Gasteiger partial charge in [0, 0.05) is 24.7 Å². The van der Waals surface area contributed by atoms with E-state index in [1.165, 1.54) is 0 Å². The van der Waals surface area contributed by atoms with Gasteiger partial charge in [-0.25, -0.2) is 0 Å². The smallest absolute Gasteiger partial charge is 0.237 e. The van der Waals surface area contributed by atoms with Gasteiger partial charge in [0.1, 0.15) is 0 Å². The molecule has 0 aromatic heterocycles. The van der Waals surface area contributed by atoms with Crippen LogP contribution in [0.25, 0.3) is 0 Å². The van der Waals surface area contributed by atoms with E-state index in [0.29, 0.717) is 36.2 Å². The second kappa shape index (κ2) is 10.7. The van der Waals surface area contributed by atoms with E-state index in [2.05, 4.69) is 10.2 Å². The number of methoxy groups -OCH3 is 2. The molecule has 3 rings (SSSR count). The molecule has 0 spiro atoms. The lowest BCUT2D eigenvalue weighted by molar-refractivity contribution is -0.129. The molecule has 2 aromatic carbocycles. The van der Waals surface area contributed by atoms with Crippen LogP contribution in [0.3, 0.4) is 0 Å². The van der Waals surface area contributed by atoms with Crippen molar-refractivity contribution in [3.63, 3.8) is 0 Å². The van der Waals surface area contributed by atoms with Crippen molar-refractivity contribution >= 4 is 17.5 Å². The normalized spacial score (nSPS) is 17.9. The van der Waals surface area contributed by atoms with Crippen LogP contribution in [-0.4, -0.2) is 57.3 Å². The maximum Gasteiger partial charge on any atom is 0.237 e. The van der Waals surface area contributed by atoms with Crippen LogP contribution in [0.2, 0.25) is 5.02 Å². The average molecular weight is 433 g/mol. The highest BCUT2D eigenvalue weighted by molar-refractivity contribution is 6.30. The van der Waals surface area contributed by atoms with Gasteiger partial charge in [-0.05, 0) is 48.7 Å². The summed E-state index contributed by atoms with van der Waals surface area (Å²) in [5.74, 6) is 1.41. The quantitative estimate of drug-likeness (QED) is 0.692. The first-order valence-corrected chi connectivity index (χ1v) is 10.5. The molecular formula is C23H29ClN2O4. The van der Waals surface area contributed by atoms with E-state index < -0.39 is 0 Å². The van der Waals surface area contributed by atoms with E-state index in [1.807, 2.05) is 49.4 Å². The molecule has 162 valence electrons. The van der Waals surface area contributed by atoms with Gasteiger partial charge in [-0.15, -0.1) is 0 Å². The van der Waals surface area contributed by atoms with E-state index in [-0.39, 0.29) is 18.1 Å². The monoisotopic (exact) mass is 432 g/mol. The summed E-state index contributed by atoms with van der Waals surface area (Å²) in [5.41, 5.74) is 2.15. The minimum Gasteiger partial charge on any atom is -0.493 e. The first kappa shape index (κ1) is 22.4. The topological polar surface area (TPSA) is 60.0 Å². The molecule has 0 radical (unpaired) electrons. The Morgan fingerprint density at radius 2 is 1.93 bits per heavy atom. The van der Waals surface area contributed by atoms with Gasteiger partial charge in [0.15, 0.2) is 11.5 Å². The maximum atomic E-state index is 12.7. The molecule has 0 saturated carbocycles. The molecule has 30 heavy (non-hydrogen) atoms. The van der Waals surface area contributed by atoms with Gasteiger partial charge in [-0.3, -0.25) is 9.69 Å². The van der Waals surface area contributed by atoms with Crippen molar-refractivity contribution in [1.82, 2.24) is 10.2 Å². The molecule has 0 unspecified atom stereocenters. The van der Waals surface area contributed by atoms with Crippen LogP contribution < -0.4 is 14.8 Å². The summed E-state index contributed by atoms with van der Waals surface area (Å²) < 4.78 is 16.5. The highest BCUT2D eigenvalue weighted by atomic mass is 35.5. The van der Waals surface area contributed by atoms with E-state index in [1.54, 1.807) is 14.2 Å². The summed E-state index contributed by atoms with van der Waals surface area (Å²) in [6.45, 7) is 4.50. The van der Waals surface area contributed by atoms with Gasteiger partial charge >= 0.3 is 0 Å². The van der Waals surface area contributed by atoms with Crippen molar-refractivity contribution in [1.29, 1.82) is 0 Å². The number of nitrogens with zero attached hydrogens (tertiary/aromatic N) is 1. The number of ether oxygens (including phenoxy) is 3. The lowest BCUT2D eigenvalue weighted by atomic mass is 10.1. The van der Waals surface area contributed by atoms with Gasteiger partial charge in [0.25, 0.3) is 0 Å². The number of nitrogens with one attached hydrogen (secondary N) is 1. The van der Waals surface area contributed by atoms with Crippen LogP contribution in [-0.2, 0) is 16.0 Å². The number of carbonyl (C=O) groups is 1. The third-order valence-corrected chi connectivity index (χ3v) is 5.68. The summed E-state index contributed by atoms with van der Waals surface area (Å²) in [4.78, 5) is 14.8. The van der Waals surface area contributed by atoms with Crippen molar-refractivity contribution in [3.8, 4) is 11.5 Å². The fraction of sp³-hybridized carbons (Fsp3) is 0.435. The molecule has 0 aliphatic carbocycles. The van der Waals surface area contributed by atoms with Gasteiger partial charge in [-0.2, -0.15) is 0 Å². The molecule has 7 heteroatoms. The molecule has 1 saturated heterocycles. The van der Waals surface area contributed by atoms with Gasteiger partial charge in [0.05, 0.1) is 33.0 Å². The summed E-state index contributed by atoms with van der Waals surface area (Å²) in [6.07, 6.45) is 0.660. The highest BCUT2D eigenvalue weighted by Gasteiger charge is 2.28. The fourth-order valence-corrected chi connectivity index (χ4v) is 3.71. The van der Waals surface area contributed by atoms with Crippen molar-refractivity contribution < 1.29 is 19.0 Å². The Bertz CT molecular complexity index is 844. The number of benzene rings is 2. The summed E-state index contributed by atoms with van der Waals surface area (Å²) in [5, 5.41) is 3.75. The second-order valence-corrected chi connectivity index (χ2v) is 7.75. The zero-order valence-corrected chi connectivity index (χ0v) is 18.4. The summed E-state index contributed by atoms with van der Waals surface area (Å²) in [6, 6.07) is 13.3. The Morgan fingerprint density at radius 3 is 2.63 bits per heavy atom. The molecule has 2 aromatic rings. The minimum absolute atomic E-state index is 0.0206. The minimum atomic E-state index is -0.228. The lowest BCUT2D eigenvalue weighted by Crippen LogP contribution is -2.50. The zero-order valence-electron chi connectivity index (χ0n) is 17.7. The standard InChI is InChI=1S/C23H29ClN2O4/c1-16(26-12-13-30-22(15-26)18-5-7-19(24)8-6-18)23(27)25-11-10-17-4-9-20(28-2)21(14-17)29-3/h4-9,14,16,22H,10-13,15H2,1-3H3,(H,25,27)/t16-,22+/m0/s1. The van der Waals surface area contributed by atoms with Crippen molar-refractivity contribution in [2.45, 2.75) is 25.5 Å². The number of halogens is 1. The molecular weight excluding hydrogens is 404 g/mol. The van der Waals surface area contributed by atoms with Crippen LogP contribution in [0, 0.1) is 0 Å². The molecule has 0 bridgehead atoms. The van der Waals surface area contributed by atoms with E-state index in [9.17, 15) is 4.79 Å². The summed E-state index contributed by atoms with van der Waals surface area (Å²) in [7, 11) is 3.23. The number of morpholine rings is 1. The molecule has 6 nitrogen and oxygen atoms in total. The average Bonchev–Trinajstić information content (AvgIpc) is 2.78. The van der Waals surface area contributed by atoms with Crippen molar-refractivity contribution in [2.75, 3.05) is 40.5 Å². The molecule has 1 aliphatic heterocycles. The van der Waals surface area contributed by atoms with Gasteiger partial charge < -0.3 is 19.5 Å². The van der Waals surface area contributed by atoms with E-state index >= 15 is 0 Å². The van der Waals surface area contributed by atoms with Crippen LogP contribution in [0.5, 0.6) is 11.5 Å². The Hall–Kier alpha value is -2.28. The highest BCUT2D eigenvalue weighted by Crippen LogP contribution is 2.28. The second-order valence-electron chi connectivity index (χ2n) is 7.31. The van der Waals surface area contributed by atoms with Crippen LogP contribution in [0.1, 0.15) is 24.2 Å². The Balaban J connectivity index is 1.51. The van der Waals surface area contributed by atoms with E-state index in [4.69, 9.17) is 25.8 Å². The number of hydrogen-bond donors (Lipinski definition) is 1. The zero-order chi connectivity index (χ0) is 21.5. The first-order valence-electron chi connectivity index (χ1n) is 10.1. The third-order valence-electron chi connectivity index (χ3n) is 5.43. The Labute approximate surface area is 183 Å². The predicted molar refractivity (Wildman–Crippen MR) is 117 cm³/mol. The molecule has 1 fully saturated rings. The number of hydrogen-bond acceptors (Lipinski definition) is 5. The van der Waals surface area contributed by atoms with Crippen LogP contribution in [0.15, 0.2) is 42.5 Å². The van der Waals surface area contributed by atoms with Crippen LogP contribution >= 0.6 is 11.6 Å². The van der Waals surface area contributed by atoms with Crippen LogP contribution in [0.4, 0.5) is 0 Å². The Kier molecular flexibility index (Phi) is 7.96. The number of carbonyl (C=O) groups excluding carboxylic acids is 1. The fourth-order valence-electron chi connectivity index (χ4n) is 3.58. The SMILES string of the molecule is COc1ccc(CCNC(=O)[C@H](C)N2CCO[C@@H](c3ccc(Cl)cc3)C2)cc1OC. The lowest BCUT2D eigenvalue weighted by Gasteiger charge is -2.36. The maximum absolute atomic E-state index is 12.7. The van der Waals surface area contributed by atoms with Gasteiger partial charge in [-0.1, -0.05) is 29.8 Å². The van der Waals surface area contributed by atoms with Crippen molar-refractivity contribution in [3.05, 3.63) is 58.6 Å². The number of amides is 1. The molecule has 1 amide bonds. The third kappa shape index (κ3) is 5.65. The molecule has 2 atom stereocenters. The molecule has 1 aliphatic rings. The Morgan fingerprint density at radius 1 is 1.20 bits per heavy atom. The largest absolute Gasteiger partial charge is 0.493 e. The molecule has 1 heterocycles. The first-order chi connectivity index (χ1) is 14.5. The summed E-state index contributed by atoms with van der Waals surface area (Å²) >= 11 is 5.98. The van der Waals surface area contributed by atoms with E-state index in [0.717, 1.165) is 24.1 Å². The predicted octanol–water partition coefficient (Wildman–Crippen LogP) is 3.48. The van der Waals surface area contributed by atoms with Crippen molar-refractivity contribution in [2.24, 2.45) is 0 Å². The van der Waals surface area contributed by atoms with Gasteiger partial charge in [0.2, 0.25) is 5.91 Å².